The molecule has 0 aliphatic rings. The minimum atomic E-state index is -1.15. The number of aromatic nitrogens is 4. The lowest BCUT2D eigenvalue weighted by atomic mass is 10.1. The molecular weight excluding hydrogens is 188 g/mol. The molecule has 0 saturated heterocycles. The Hall–Kier alpha value is -1.27. The van der Waals surface area contributed by atoms with Crippen LogP contribution >= 0.6 is 11.3 Å². The van der Waals surface area contributed by atoms with Gasteiger partial charge in [-0.25, -0.2) is 4.98 Å². The van der Waals surface area contributed by atoms with Gasteiger partial charge in [0.05, 0.1) is 6.20 Å². The van der Waals surface area contributed by atoms with Gasteiger partial charge in [0, 0.05) is 11.6 Å². The van der Waals surface area contributed by atoms with Crippen molar-refractivity contribution in [1.29, 1.82) is 0 Å². The van der Waals surface area contributed by atoms with Gasteiger partial charge in [-0.15, -0.1) is 11.3 Å². The van der Waals surface area contributed by atoms with Crippen LogP contribution in [0.15, 0.2) is 17.8 Å². The van der Waals surface area contributed by atoms with Gasteiger partial charge in [-0.3, -0.25) is 0 Å². The van der Waals surface area contributed by atoms with Gasteiger partial charge in [-0.2, -0.15) is 15.4 Å². The predicted molar refractivity (Wildman–Crippen MR) is 47.2 cm³/mol. The molecule has 0 aliphatic heterocycles. The minimum absolute atomic E-state index is 0.474. The molecule has 13 heavy (non-hydrogen) atoms. The minimum Gasteiger partial charge on any atom is -0.376 e. The van der Waals surface area contributed by atoms with E-state index < -0.39 is 5.60 Å². The molecular formula is C7H8N4OS. The van der Waals surface area contributed by atoms with Crippen LogP contribution in [0.25, 0.3) is 0 Å². The average molecular weight is 196 g/mol. The Kier molecular flexibility index (Phi) is 1.86. The molecule has 0 aromatic carbocycles. The lowest BCUT2D eigenvalue weighted by Crippen LogP contribution is -2.22. The second-order valence-electron chi connectivity index (χ2n) is 2.76. The normalized spacial score (nSPS) is 15.5. The van der Waals surface area contributed by atoms with Crippen LogP contribution in [0.5, 0.6) is 0 Å². The molecule has 2 heterocycles. The summed E-state index contributed by atoms with van der Waals surface area (Å²) >= 11 is 1.39. The molecule has 1 unspecified atom stereocenters. The van der Waals surface area contributed by atoms with Crippen LogP contribution in [0, 0.1) is 0 Å². The van der Waals surface area contributed by atoms with E-state index >= 15 is 0 Å². The number of H-pyrrole nitrogens is 1. The van der Waals surface area contributed by atoms with E-state index in [2.05, 4.69) is 20.4 Å². The maximum Gasteiger partial charge on any atom is 0.158 e. The largest absolute Gasteiger partial charge is 0.376 e. The van der Waals surface area contributed by atoms with E-state index in [1.165, 1.54) is 17.5 Å². The van der Waals surface area contributed by atoms with Gasteiger partial charge in [-0.05, 0) is 6.92 Å². The maximum atomic E-state index is 10.1. The Balaban J connectivity index is 2.42. The summed E-state index contributed by atoms with van der Waals surface area (Å²) in [7, 11) is 0. The molecule has 1 atom stereocenters. The molecule has 6 heteroatoms. The highest BCUT2D eigenvalue weighted by Crippen LogP contribution is 2.27. The van der Waals surface area contributed by atoms with E-state index in [1.807, 2.05) is 5.38 Å². The lowest BCUT2D eigenvalue weighted by Gasteiger charge is -2.16. The van der Waals surface area contributed by atoms with Gasteiger partial charge < -0.3 is 5.11 Å². The fraction of sp³-hybridized carbons (Fsp3) is 0.286. The molecule has 0 amide bonds. The predicted octanol–water partition coefficient (Wildman–Crippen LogP) is 0.517. The first-order chi connectivity index (χ1) is 6.21. The summed E-state index contributed by atoms with van der Waals surface area (Å²) in [5.41, 5.74) is -0.677. The van der Waals surface area contributed by atoms with Gasteiger partial charge in [0.2, 0.25) is 0 Å². The molecule has 5 nitrogen and oxygen atoms in total. The number of hydrogen-bond donors (Lipinski definition) is 2. The van der Waals surface area contributed by atoms with Crippen molar-refractivity contribution in [3.63, 3.8) is 0 Å². The summed E-state index contributed by atoms with van der Waals surface area (Å²) < 4.78 is 0. The molecule has 2 aromatic heterocycles. The van der Waals surface area contributed by atoms with E-state index in [0.717, 1.165) is 0 Å². The van der Waals surface area contributed by atoms with Crippen molar-refractivity contribution in [2.45, 2.75) is 12.5 Å². The van der Waals surface area contributed by atoms with Crippen molar-refractivity contribution < 1.29 is 5.11 Å². The zero-order chi connectivity index (χ0) is 9.31. The average Bonchev–Trinajstić information content (AvgIpc) is 2.78. The highest BCUT2D eigenvalue weighted by molar-refractivity contribution is 7.09. The zero-order valence-electron chi connectivity index (χ0n) is 6.93. The number of nitrogens with zero attached hydrogens (tertiary/aromatic N) is 3. The maximum absolute atomic E-state index is 10.1. The Labute approximate surface area is 78.5 Å². The summed E-state index contributed by atoms with van der Waals surface area (Å²) in [4.78, 5) is 4.03. The number of aromatic amines is 1. The molecule has 2 aromatic rings. The van der Waals surface area contributed by atoms with Crippen molar-refractivity contribution >= 4 is 11.3 Å². The van der Waals surface area contributed by atoms with E-state index in [9.17, 15) is 5.11 Å². The van der Waals surface area contributed by atoms with Gasteiger partial charge in [-0.1, -0.05) is 0 Å². The van der Waals surface area contributed by atoms with Gasteiger partial charge in [0.25, 0.3) is 0 Å². The zero-order valence-corrected chi connectivity index (χ0v) is 7.75. The molecule has 0 fully saturated rings. The monoisotopic (exact) mass is 196 g/mol. The van der Waals surface area contributed by atoms with Crippen LogP contribution in [-0.2, 0) is 5.60 Å². The Morgan fingerprint density at radius 3 is 3.00 bits per heavy atom. The van der Waals surface area contributed by atoms with Crippen molar-refractivity contribution in [3.05, 3.63) is 28.5 Å². The molecule has 0 spiro atoms. The molecule has 0 saturated carbocycles. The first-order valence-corrected chi connectivity index (χ1v) is 4.58. The van der Waals surface area contributed by atoms with Crippen LogP contribution < -0.4 is 0 Å². The fourth-order valence-corrected chi connectivity index (χ4v) is 1.72. The smallest absolute Gasteiger partial charge is 0.158 e. The number of aliphatic hydroxyl groups is 1. The first kappa shape index (κ1) is 8.33. The van der Waals surface area contributed by atoms with Crippen molar-refractivity contribution in [2.24, 2.45) is 0 Å². The quantitative estimate of drug-likeness (QED) is 0.734. The van der Waals surface area contributed by atoms with E-state index in [-0.39, 0.29) is 0 Å². The second kappa shape index (κ2) is 2.90. The van der Waals surface area contributed by atoms with Crippen LogP contribution in [0.1, 0.15) is 17.6 Å². The lowest BCUT2D eigenvalue weighted by molar-refractivity contribution is 0.0969. The summed E-state index contributed by atoms with van der Waals surface area (Å²) in [5.74, 6) is 0. The third kappa shape index (κ3) is 1.34. The van der Waals surface area contributed by atoms with Crippen LogP contribution in [0.4, 0.5) is 0 Å². The van der Waals surface area contributed by atoms with Gasteiger partial charge in [0.1, 0.15) is 10.7 Å². The van der Waals surface area contributed by atoms with Crippen LogP contribution in [-0.4, -0.2) is 25.5 Å². The number of rotatable bonds is 2. The molecule has 0 bridgehead atoms. The number of nitrogens with one attached hydrogen (secondary N) is 1. The van der Waals surface area contributed by atoms with Crippen LogP contribution in [0.2, 0.25) is 0 Å². The van der Waals surface area contributed by atoms with Crippen LogP contribution in [0.3, 0.4) is 0 Å². The highest BCUT2D eigenvalue weighted by atomic mass is 32.1. The molecule has 2 N–H and O–H groups in total. The van der Waals surface area contributed by atoms with Crippen molar-refractivity contribution in [2.75, 3.05) is 0 Å². The summed E-state index contributed by atoms with van der Waals surface area (Å²) in [6.45, 7) is 1.64. The third-order valence-electron chi connectivity index (χ3n) is 1.76. The van der Waals surface area contributed by atoms with Crippen molar-refractivity contribution in [3.8, 4) is 0 Å². The van der Waals surface area contributed by atoms with Crippen molar-refractivity contribution in [1.82, 2.24) is 20.4 Å². The summed E-state index contributed by atoms with van der Waals surface area (Å²) in [5, 5.41) is 22.4. The topological polar surface area (TPSA) is 74.7 Å². The molecule has 68 valence electrons. The van der Waals surface area contributed by atoms with E-state index in [1.54, 1.807) is 13.1 Å². The standard InChI is InChI=1S/C7H8N4OS/c1-7(12,5-4-9-11-10-5)6-8-2-3-13-6/h2-4,12H,1H3,(H,9,10,11). The summed E-state index contributed by atoms with van der Waals surface area (Å²) in [6.07, 6.45) is 3.13. The van der Waals surface area contributed by atoms with E-state index in [4.69, 9.17) is 0 Å². The molecule has 0 aliphatic carbocycles. The number of hydrogen-bond acceptors (Lipinski definition) is 5. The Morgan fingerprint density at radius 2 is 2.46 bits per heavy atom. The Morgan fingerprint density at radius 1 is 1.62 bits per heavy atom. The molecule has 0 radical (unpaired) electrons. The first-order valence-electron chi connectivity index (χ1n) is 3.70. The second-order valence-corrected chi connectivity index (χ2v) is 3.66. The fourth-order valence-electron chi connectivity index (χ4n) is 1.01. The van der Waals surface area contributed by atoms with E-state index in [0.29, 0.717) is 10.7 Å². The van der Waals surface area contributed by atoms with Gasteiger partial charge >= 0.3 is 0 Å². The third-order valence-corrected chi connectivity index (χ3v) is 2.75. The Bertz CT molecular complexity index is 331. The summed E-state index contributed by atoms with van der Waals surface area (Å²) in [6, 6.07) is 0. The highest BCUT2D eigenvalue weighted by Gasteiger charge is 2.30. The molecule has 2 rings (SSSR count). The van der Waals surface area contributed by atoms with Gasteiger partial charge in [0.15, 0.2) is 5.60 Å². The number of thiazole rings is 1. The SMILES string of the molecule is CC(O)(c1cn[nH]n1)c1nccs1.